The number of carbonyl (C=O) groups excluding carboxylic acids is 2. The van der Waals surface area contributed by atoms with Gasteiger partial charge >= 0.3 is 6.03 Å². The summed E-state index contributed by atoms with van der Waals surface area (Å²) >= 11 is 0. The van der Waals surface area contributed by atoms with Crippen molar-refractivity contribution in [2.24, 2.45) is 0 Å². The third kappa shape index (κ3) is 5.24. The average molecular weight is 251 g/mol. The fourth-order valence-corrected chi connectivity index (χ4v) is 1.19. The molecule has 0 radical (unpaired) electrons. The number of carbonyl (C=O) groups is 2. The topological polar surface area (TPSA) is 96.0 Å². The number of unbranched alkanes of at least 4 members (excludes halogenated alkanes) is 1. The zero-order chi connectivity index (χ0) is 13.4. The Balaban J connectivity index is 2.51. The molecule has 0 aromatic carbocycles. The molecule has 0 bridgehead atoms. The molecule has 0 fully saturated rings. The van der Waals surface area contributed by atoms with E-state index in [0.717, 1.165) is 12.8 Å². The van der Waals surface area contributed by atoms with Gasteiger partial charge in [0, 0.05) is 19.7 Å². The average Bonchev–Trinajstić information content (AvgIpc) is 2.28. The predicted molar refractivity (Wildman–Crippen MR) is 68.3 cm³/mol. The van der Waals surface area contributed by atoms with E-state index < -0.39 is 0 Å². The van der Waals surface area contributed by atoms with Crippen LogP contribution in [0, 0.1) is 0 Å². The smallest absolute Gasteiger partial charge is 0.321 e. The van der Waals surface area contributed by atoms with Crippen molar-refractivity contribution in [2.75, 3.05) is 17.2 Å². The molecule has 18 heavy (non-hydrogen) atoms. The second-order valence-corrected chi connectivity index (χ2v) is 3.68. The first-order valence-corrected chi connectivity index (χ1v) is 5.77. The number of aromatic nitrogens is 2. The van der Waals surface area contributed by atoms with Gasteiger partial charge in [0.2, 0.25) is 11.9 Å². The maximum Gasteiger partial charge on any atom is 0.321 e. The lowest BCUT2D eigenvalue weighted by Gasteiger charge is -2.06. The number of anilines is 2. The lowest BCUT2D eigenvalue weighted by Crippen LogP contribution is -2.30. The predicted octanol–water partition coefficient (Wildman–Crippen LogP) is 1.36. The summed E-state index contributed by atoms with van der Waals surface area (Å²) in [5.74, 6) is 0.267. The quantitative estimate of drug-likeness (QED) is 0.688. The molecule has 1 heterocycles. The van der Waals surface area contributed by atoms with Crippen molar-refractivity contribution in [1.82, 2.24) is 15.3 Å². The Morgan fingerprint density at radius 2 is 2.11 bits per heavy atom. The van der Waals surface area contributed by atoms with Crippen LogP contribution in [-0.4, -0.2) is 28.5 Å². The van der Waals surface area contributed by atoms with Gasteiger partial charge in [-0.15, -0.1) is 0 Å². The first-order valence-electron chi connectivity index (χ1n) is 5.77. The van der Waals surface area contributed by atoms with Gasteiger partial charge in [-0.2, -0.15) is 4.98 Å². The highest BCUT2D eigenvalue weighted by Crippen LogP contribution is 2.05. The molecule has 7 nitrogen and oxygen atoms in total. The van der Waals surface area contributed by atoms with Crippen LogP contribution in [0.3, 0.4) is 0 Å². The van der Waals surface area contributed by atoms with Crippen molar-refractivity contribution in [2.45, 2.75) is 26.7 Å². The molecule has 0 unspecified atom stereocenters. The lowest BCUT2D eigenvalue weighted by molar-refractivity contribution is -0.114. The summed E-state index contributed by atoms with van der Waals surface area (Å²) in [6.07, 6.45) is 3.38. The highest BCUT2D eigenvalue weighted by molar-refractivity contribution is 5.89. The number of nitrogens with zero attached hydrogens (tertiary/aromatic N) is 2. The standard InChI is InChI=1S/C11H17N5O2/c1-3-4-6-13-11(18)16-10-12-7-5-9(15-10)14-8(2)17/h5,7H,3-4,6H2,1-2H3,(H3,12,13,14,15,16,17,18). The Morgan fingerprint density at radius 3 is 2.78 bits per heavy atom. The number of nitrogens with one attached hydrogen (secondary N) is 3. The van der Waals surface area contributed by atoms with E-state index in [4.69, 9.17) is 0 Å². The maximum absolute atomic E-state index is 11.4. The monoisotopic (exact) mass is 251 g/mol. The molecule has 0 saturated carbocycles. The van der Waals surface area contributed by atoms with E-state index in [-0.39, 0.29) is 17.9 Å². The molecule has 0 atom stereocenters. The molecule has 0 aliphatic rings. The Hall–Kier alpha value is -2.18. The third-order valence-electron chi connectivity index (χ3n) is 2.00. The molecule has 3 amide bonds. The molecule has 1 aromatic heterocycles. The molecule has 0 aliphatic heterocycles. The SMILES string of the molecule is CCCCNC(=O)Nc1nccc(NC(C)=O)n1. The summed E-state index contributed by atoms with van der Waals surface area (Å²) < 4.78 is 0. The van der Waals surface area contributed by atoms with Crippen molar-refractivity contribution in [3.05, 3.63) is 12.3 Å². The molecule has 7 heteroatoms. The minimum atomic E-state index is -0.358. The first-order chi connectivity index (χ1) is 8.61. The molecule has 1 rings (SSSR count). The van der Waals surface area contributed by atoms with Crippen molar-refractivity contribution in [3.63, 3.8) is 0 Å². The zero-order valence-electron chi connectivity index (χ0n) is 10.5. The lowest BCUT2D eigenvalue weighted by atomic mass is 10.3. The van der Waals surface area contributed by atoms with E-state index >= 15 is 0 Å². The van der Waals surface area contributed by atoms with Crippen LogP contribution in [0.2, 0.25) is 0 Å². The second kappa shape index (κ2) is 7.21. The highest BCUT2D eigenvalue weighted by atomic mass is 16.2. The Kier molecular flexibility index (Phi) is 5.56. The van der Waals surface area contributed by atoms with E-state index in [1.54, 1.807) is 6.07 Å². The van der Waals surface area contributed by atoms with E-state index in [1.165, 1.54) is 13.1 Å². The number of hydrogen-bond donors (Lipinski definition) is 3. The largest absolute Gasteiger partial charge is 0.338 e. The number of rotatable bonds is 5. The zero-order valence-corrected chi connectivity index (χ0v) is 10.5. The molecular formula is C11H17N5O2. The minimum absolute atomic E-state index is 0.148. The van der Waals surface area contributed by atoms with Crippen molar-refractivity contribution < 1.29 is 9.59 Å². The van der Waals surface area contributed by atoms with E-state index in [9.17, 15) is 9.59 Å². The van der Waals surface area contributed by atoms with Gasteiger partial charge in [0.1, 0.15) is 5.82 Å². The second-order valence-electron chi connectivity index (χ2n) is 3.68. The van der Waals surface area contributed by atoms with Crippen LogP contribution in [0.15, 0.2) is 12.3 Å². The van der Waals surface area contributed by atoms with E-state index in [2.05, 4.69) is 25.9 Å². The minimum Gasteiger partial charge on any atom is -0.338 e. The van der Waals surface area contributed by atoms with Crippen LogP contribution in [0.25, 0.3) is 0 Å². The number of urea groups is 1. The maximum atomic E-state index is 11.4. The normalized spacial score (nSPS) is 9.67. The van der Waals surface area contributed by atoms with Gasteiger partial charge in [0.05, 0.1) is 0 Å². The van der Waals surface area contributed by atoms with Gasteiger partial charge < -0.3 is 10.6 Å². The van der Waals surface area contributed by atoms with Crippen molar-refractivity contribution in [3.8, 4) is 0 Å². The van der Waals surface area contributed by atoms with Crippen LogP contribution in [0.4, 0.5) is 16.6 Å². The molecule has 3 N–H and O–H groups in total. The Bertz CT molecular complexity index is 422. The molecule has 0 saturated heterocycles. The summed E-state index contributed by atoms with van der Waals surface area (Å²) in [6.45, 7) is 4.03. The summed E-state index contributed by atoms with van der Waals surface area (Å²) in [5, 5.41) is 7.67. The number of hydrogen-bond acceptors (Lipinski definition) is 4. The van der Waals surface area contributed by atoms with Crippen molar-refractivity contribution >= 4 is 23.7 Å². The highest BCUT2D eigenvalue weighted by Gasteiger charge is 2.04. The van der Waals surface area contributed by atoms with Gasteiger partial charge in [0.25, 0.3) is 0 Å². The molecule has 1 aromatic rings. The van der Waals surface area contributed by atoms with Gasteiger partial charge in [-0.1, -0.05) is 13.3 Å². The fraction of sp³-hybridized carbons (Fsp3) is 0.455. The molecule has 98 valence electrons. The fourth-order valence-electron chi connectivity index (χ4n) is 1.19. The Labute approximate surface area is 105 Å². The van der Waals surface area contributed by atoms with Gasteiger partial charge in [-0.3, -0.25) is 10.1 Å². The van der Waals surface area contributed by atoms with Gasteiger partial charge in [-0.05, 0) is 12.5 Å². The summed E-state index contributed by atoms with van der Waals surface area (Å²) in [4.78, 5) is 30.1. The van der Waals surface area contributed by atoms with Gasteiger partial charge in [-0.25, -0.2) is 9.78 Å². The van der Waals surface area contributed by atoms with Crippen LogP contribution in [0.5, 0.6) is 0 Å². The van der Waals surface area contributed by atoms with E-state index in [0.29, 0.717) is 12.4 Å². The Morgan fingerprint density at radius 1 is 1.33 bits per heavy atom. The summed E-state index contributed by atoms with van der Waals surface area (Å²) in [6, 6.07) is 1.19. The van der Waals surface area contributed by atoms with E-state index in [1.807, 2.05) is 6.92 Å². The van der Waals surface area contributed by atoms with Crippen LogP contribution < -0.4 is 16.0 Å². The number of amides is 3. The van der Waals surface area contributed by atoms with Crippen LogP contribution >= 0.6 is 0 Å². The van der Waals surface area contributed by atoms with Crippen LogP contribution in [-0.2, 0) is 4.79 Å². The molecule has 0 spiro atoms. The third-order valence-corrected chi connectivity index (χ3v) is 2.00. The summed E-state index contributed by atoms with van der Waals surface area (Å²) in [7, 11) is 0. The molecule has 0 aliphatic carbocycles. The van der Waals surface area contributed by atoms with Crippen molar-refractivity contribution in [1.29, 1.82) is 0 Å². The first kappa shape index (κ1) is 13.9. The van der Waals surface area contributed by atoms with Gasteiger partial charge in [0.15, 0.2) is 0 Å². The summed E-state index contributed by atoms with van der Waals surface area (Å²) in [5.41, 5.74) is 0. The molecular weight excluding hydrogens is 234 g/mol. The van der Waals surface area contributed by atoms with Crippen LogP contribution in [0.1, 0.15) is 26.7 Å².